The molecule has 1 aliphatic heterocycles. The third-order valence-corrected chi connectivity index (χ3v) is 2.09. The molecule has 0 bridgehead atoms. The van der Waals surface area contributed by atoms with E-state index in [2.05, 4.69) is 0 Å². The molecule has 0 aliphatic carbocycles. The first-order valence-electron chi connectivity index (χ1n) is 3.62. The van der Waals surface area contributed by atoms with Gasteiger partial charge in [0.2, 0.25) is 0 Å². The van der Waals surface area contributed by atoms with Gasteiger partial charge in [0, 0.05) is 5.54 Å². The Hall–Kier alpha value is -0.770. The van der Waals surface area contributed by atoms with Crippen LogP contribution in [0.15, 0.2) is 0 Å². The number of hydrogen-bond donors (Lipinski definition) is 2. The molecule has 0 aromatic rings. The van der Waals surface area contributed by atoms with Gasteiger partial charge in [-0.3, -0.25) is 0 Å². The number of aliphatic hydroxyl groups excluding tert-OH is 1. The van der Waals surface area contributed by atoms with Crippen LogP contribution < -0.4 is 0 Å². The first kappa shape index (κ1) is 8.33. The van der Waals surface area contributed by atoms with E-state index in [0.717, 1.165) is 0 Å². The van der Waals surface area contributed by atoms with Crippen LogP contribution in [0.2, 0.25) is 0 Å². The highest BCUT2D eigenvalue weighted by molar-refractivity contribution is 5.66. The second-order valence-electron chi connectivity index (χ2n) is 3.56. The highest BCUT2D eigenvalue weighted by atomic mass is 16.4. The molecule has 0 aromatic carbocycles. The summed E-state index contributed by atoms with van der Waals surface area (Å²) in [7, 11) is 0. The summed E-state index contributed by atoms with van der Waals surface area (Å²) in [5.41, 5.74) is -0.411. The molecule has 11 heavy (non-hydrogen) atoms. The standard InChI is InChI=1S/C7H13NO3/c1-7(2)3-5(9)4-8(7)6(10)11/h5,9H,3-4H2,1-2H3,(H,10,11)/t5-/m0/s1. The van der Waals surface area contributed by atoms with Crippen LogP contribution in [0.3, 0.4) is 0 Å². The Morgan fingerprint density at radius 3 is 2.36 bits per heavy atom. The second-order valence-corrected chi connectivity index (χ2v) is 3.56. The quantitative estimate of drug-likeness (QED) is 0.541. The lowest BCUT2D eigenvalue weighted by molar-refractivity contribution is 0.114. The van der Waals surface area contributed by atoms with Gasteiger partial charge in [0.05, 0.1) is 12.6 Å². The van der Waals surface area contributed by atoms with Crippen molar-refractivity contribution in [1.82, 2.24) is 4.90 Å². The second kappa shape index (κ2) is 2.37. The molecule has 4 nitrogen and oxygen atoms in total. The fraction of sp³-hybridized carbons (Fsp3) is 0.857. The monoisotopic (exact) mass is 159 g/mol. The molecule has 1 rings (SSSR count). The van der Waals surface area contributed by atoms with E-state index in [1.807, 2.05) is 13.8 Å². The predicted octanol–water partition coefficient (Wildman–Crippen LogP) is 0.510. The highest BCUT2D eigenvalue weighted by Crippen LogP contribution is 2.28. The topological polar surface area (TPSA) is 60.8 Å². The smallest absolute Gasteiger partial charge is 0.407 e. The molecular formula is C7H13NO3. The van der Waals surface area contributed by atoms with Crippen molar-refractivity contribution in [2.24, 2.45) is 0 Å². The third-order valence-electron chi connectivity index (χ3n) is 2.09. The van der Waals surface area contributed by atoms with Gasteiger partial charge in [-0.15, -0.1) is 0 Å². The maximum absolute atomic E-state index is 10.6. The van der Waals surface area contributed by atoms with Crippen LogP contribution in [0.5, 0.6) is 0 Å². The number of hydrogen-bond acceptors (Lipinski definition) is 2. The molecule has 1 heterocycles. The van der Waals surface area contributed by atoms with E-state index in [1.54, 1.807) is 0 Å². The van der Waals surface area contributed by atoms with Crippen molar-refractivity contribution < 1.29 is 15.0 Å². The average Bonchev–Trinajstić information content (AvgIpc) is 2.04. The lowest BCUT2D eigenvalue weighted by Crippen LogP contribution is -2.41. The Balaban J connectivity index is 2.74. The molecule has 4 heteroatoms. The first-order valence-corrected chi connectivity index (χ1v) is 3.62. The largest absolute Gasteiger partial charge is 0.465 e. The van der Waals surface area contributed by atoms with Gasteiger partial charge in [-0.05, 0) is 20.3 Å². The molecule has 1 atom stereocenters. The van der Waals surface area contributed by atoms with Crippen molar-refractivity contribution in [3.8, 4) is 0 Å². The minimum absolute atomic E-state index is 0.238. The molecule has 0 aromatic heterocycles. The average molecular weight is 159 g/mol. The number of carbonyl (C=O) groups is 1. The third kappa shape index (κ3) is 1.45. The SMILES string of the molecule is CC1(C)C[C@H](O)CN1C(=O)O. The van der Waals surface area contributed by atoms with E-state index < -0.39 is 17.7 Å². The van der Waals surface area contributed by atoms with E-state index >= 15 is 0 Å². The summed E-state index contributed by atoms with van der Waals surface area (Å²) in [5.74, 6) is 0. The zero-order valence-corrected chi connectivity index (χ0v) is 6.74. The Morgan fingerprint density at radius 1 is 1.64 bits per heavy atom. The minimum atomic E-state index is -0.952. The van der Waals surface area contributed by atoms with E-state index in [0.29, 0.717) is 6.42 Å². The van der Waals surface area contributed by atoms with Crippen LogP contribution in [0.4, 0.5) is 4.79 Å². The van der Waals surface area contributed by atoms with E-state index in [9.17, 15) is 9.90 Å². The van der Waals surface area contributed by atoms with Crippen molar-refractivity contribution in [1.29, 1.82) is 0 Å². The number of likely N-dealkylation sites (tertiary alicyclic amines) is 1. The normalized spacial score (nSPS) is 29.0. The molecule has 0 saturated carbocycles. The van der Waals surface area contributed by atoms with Gasteiger partial charge in [0.15, 0.2) is 0 Å². The summed E-state index contributed by atoms with van der Waals surface area (Å²) in [4.78, 5) is 11.9. The number of carboxylic acid groups (broad SMARTS) is 1. The number of β-amino-alcohol motifs (C(OH)–C–C–N with tert-alkyl or cyclic N) is 1. The number of amides is 1. The fourth-order valence-corrected chi connectivity index (χ4v) is 1.55. The number of rotatable bonds is 0. The fourth-order valence-electron chi connectivity index (χ4n) is 1.55. The predicted molar refractivity (Wildman–Crippen MR) is 39.4 cm³/mol. The van der Waals surface area contributed by atoms with E-state index in [-0.39, 0.29) is 6.54 Å². The Labute approximate surface area is 65.4 Å². The lowest BCUT2D eigenvalue weighted by Gasteiger charge is -2.27. The zero-order valence-electron chi connectivity index (χ0n) is 6.74. The summed E-state index contributed by atoms with van der Waals surface area (Å²) in [6.45, 7) is 3.87. The van der Waals surface area contributed by atoms with Gasteiger partial charge >= 0.3 is 6.09 Å². The molecule has 0 unspecified atom stereocenters. The Kier molecular flexibility index (Phi) is 1.80. The maximum Gasteiger partial charge on any atom is 0.407 e. The molecule has 1 amide bonds. The molecule has 64 valence electrons. The van der Waals surface area contributed by atoms with Gasteiger partial charge in [0.1, 0.15) is 0 Å². The van der Waals surface area contributed by atoms with E-state index in [1.165, 1.54) is 4.90 Å². The van der Waals surface area contributed by atoms with Crippen molar-refractivity contribution in [2.45, 2.75) is 31.9 Å². The number of nitrogens with zero attached hydrogens (tertiary/aromatic N) is 1. The van der Waals surface area contributed by atoms with Crippen LogP contribution >= 0.6 is 0 Å². The lowest BCUT2D eigenvalue weighted by atomic mass is 10.0. The van der Waals surface area contributed by atoms with Gasteiger partial charge in [-0.1, -0.05) is 0 Å². The maximum atomic E-state index is 10.6. The van der Waals surface area contributed by atoms with Crippen molar-refractivity contribution in [2.75, 3.05) is 6.54 Å². The van der Waals surface area contributed by atoms with Crippen LogP contribution in [-0.4, -0.2) is 39.4 Å². The zero-order chi connectivity index (χ0) is 8.65. The molecule has 0 radical (unpaired) electrons. The summed E-state index contributed by atoms with van der Waals surface area (Å²) in [5, 5.41) is 17.9. The van der Waals surface area contributed by atoms with E-state index in [4.69, 9.17) is 5.11 Å². The van der Waals surface area contributed by atoms with Crippen LogP contribution in [0.25, 0.3) is 0 Å². The van der Waals surface area contributed by atoms with Crippen LogP contribution in [0, 0.1) is 0 Å². The van der Waals surface area contributed by atoms with Crippen LogP contribution in [0.1, 0.15) is 20.3 Å². The highest BCUT2D eigenvalue weighted by Gasteiger charge is 2.40. The number of aliphatic hydroxyl groups is 1. The molecule has 2 N–H and O–H groups in total. The molecule has 0 spiro atoms. The summed E-state index contributed by atoms with van der Waals surface area (Å²) in [6, 6.07) is 0. The summed E-state index contributed by atoms with van der Waals surface area (Å²) < 4.78 is 0. The Morgan fingerprint density at radius 2 is 2.18 bits per heavy atom. The van der Waals surface area contributed by atoms with Crippen LogP contribution in [-0.2, 0) is 0 Å². The van der Waals surface area contributed by atoms with Gasteiger partial charge < -0.3 is 15.1 Å². The van der Waals surface area contributed by atoms with Crippen molar-refractivity contribution >= 4 is 6.09 Å². The summed E-state index contributed by atoms with van der Waals surface area (Å²) >= 11 is 0. The van der Waals surface area contributed by atoms with Gasteiger partial charge in [0.25, 0.3) is 0 Å². The summed E-state index contributed by atoms with van der Waals surface area (Å²) in [6.07, 6.45) is -0.924. The molecule has 1 saturated heterocycles. The molecule has 1 aliphatic rings. The first-order chi connectivity index (χ1) is 4.93. The Bertz CT molecular complexity index is 179. The van der Waals surface area contributed by atoms with Gasteiger partial charge in [-0.2, -0.15) is 0 Å². The molecular weight excluding hydrogens is 146 g/mol. The van der Waals surface area contributed by atoms with Gasteiger partial charge in [-0.25, -0.2) is 4.79 Å². The minimum Gasteiger partial charge on any atom is -0.465 e. The van der Waals surface area contributed by atoms with Crippen molar-refractivity contribution in [3.05, 3.63) is 0 Å². The molecule has 1 fully saturated rings. The van der Waals surface area contributed by atoms with Crippen molar-refractivity contribution in [3.63, 3.8) is 0 Å².